The standard InChI is InChI=1S/C16H24N2O/c1-12-9-13(2)15(14(3)10-12)19-8-6-7-16(4,11-17)18-5/h9-10,18H,6-8H2,1-5H3. The minimum atomic E-state index is -0.458. The van der Waals surface area contributed by atoms with E-state index in [0.717, 1.165) is 18.6 Å². The summed E-state index contributed by atoms with van der Waals surface area (Å²) >= 11 is 0. The lowest BCUT2D eigenvalue weighted by atomic mass is 9.98. The fourth-order valence-corrected chi connectivity index (χ4v) is 2.23. The number of benzene rings is 1. The molecule has 1 aromatic carbocycles. The average Bonchev–Trinajstić information content (AvgIpc) is 2.36. The molecule has 1 aromatic rings. The molecule has 0 radical (unpaired) electrons. The van der Waals surface area contributed by atoms with Crippen LogP contribution in [0.4, 0.5) is 0 Å². The molecule has 1 N–H and O–H groups in total. The third-order valence-electron chi connectivity index (χ3n) is 3.47. The first kappa shape index (κ1) is 15.5. The molecule has 1 rings (SSSR count). The van der Waals surface area contributed by atoms with Gasteiger partial charge in [-0.1, -0.05) is 17.7 Å². The number of ether oxygens (including phenoxy) is 1. The number of nitrogens with one attached hydrogen (secondary N) is 1. The Hall–Kier alpha value is -1.53. The van der Waals surface area contributed by atoms with Crippen molar-refractivity contribution in [3.05, 3.63) is 28.8 Å². The third-order valence-corrected chi connectivity index (χ3v) is 3.47. The van der Waals surface area contributed by atoms with Gasteiger partial charge in [0.15, 0.2) is 0 Å². The summed E-state index contributed by atoms with van der Waals surface area (Å²) in [6.45, 7) is 8.79. The molecule has 0 aromatic heterocycles. The van der Waals surface area contributed by atoms with E-state index in [9.17, 15) is 0 Å². The Morgan fingerprint density at radius 2 is 1.84 bits per heavy atom. The van der Waals surface area contributed by atoms with Crippen LogP contribution in [0, 0.1) is 32.1 Å². The number of hydrogen-bond acceptors (Lipinski definition) is 3. The molecule has 0 saturated heterocycles. The highest BCUT2D eigenvalue weighted by Gasteiger charge is 2.20. The smallest absolute Gasteiger partial charge is 0.125 e. The predicted molar refractivity (Wildman–Crippen MR) is 78.5 cm³/mol. The van der Waals surface area contributed by atoms with Gasteiger partial charge in [0.25, 0.3) is 0 Å². The molecule has 0 heterocycles. The molecule has 0 saturated carbocycles. The van der Waals surface area contributed by atoms with Crippen LogP contribution in [0.2, 0.25) is 0 Å². The van der Waals surface area contributed by atoms with Crippen LogP contribution in [-0.2, 0) is 0 Å². The number of nitriles is 1. The second-order valence-electron chi connectivity index (χ2n) is 5.37. The zero-order chi connectivity index (χ0) is 14.5. The van der Waals surface area contributed by atoms with Crippen LogP contribution >= 0.6 is 0 Å². The molecular weight excluding hydrogens is 236 g/mol. The van der Waals surface area contributed by atoms with Crippen molar-refractivity contribution in [2.75, 3.05) is 13.7 Å². The summed E-state index contributed by atoms with van der Waals surface area (Å²) in [4.78, 5) is 0. The van der Waals surface area contributed by atoms with Crippen molar-refractivity contribution in [3.8, 4) is 11.8 Å². The van der Waals surface area contributed by atoms with Crippen molar-refractivity contribution >= 4 is 0 Å². The molecule has 1 unspecified atom stereocenters. The Kier molecular flexibility index (Phi) is 5.38. The normalized spacial score (nSPS) is 13.7. The molecule has 104 valence electrons. The van der Waals surface area contributed by atoms with Gasteiger partial charge >= 0.3 is 0 Å². The Labute approximate surface area is 116 Å². The van der Waals surface area contributed by atoms with Crippen LogP contribution in [0.15, 0.2) is 12.1 Å². The van der Waals surface area contributed by atoms with Crippen molar-refractivity contribution in [2.24, 2.45) is 0 Å². The molecular formula is C16H24N2O. The van der Waals surface area contributed by atoms with Crippen molar-refractivity contribution in [1.29, 1.82) is 5.26 Å². The Morgan fingerprint density at radius 3 is 2.32 bits per heavy atom. The molecule has 3 nitrogen and oxygen atoms in total. The summed E-state index contributed by atoms with van der Waals surface area (Å²) in [5.74, 6) is 0.980. The minimum absolute atomic E-state index is 0.458. The quantitative estimate of drug-likeness (QED) is 0.798. The van der Waals surface area contributed by atoms with Crippen LogP contribution in [0.3, 0.4) is 0 Å². The van der Waals surface area contributed by atoms with Crippen LogP contribution in [0.25, 0.3) is 0 Å². The van der Waals surface area contributed by atoms with Gasteiger partial charge in [0.1, 0.15) is 11.3 Å². The van der Waals surface area contributed by atoms with Gasteiger partial charge in [-0.05, 0) is 58.7 Å². The van der Waals surface area contributed by atoms with Gasteiger partial charge in [0.05, 0.1) is 12.7 Å². The zero-order valence-corrected chi connectivity index (χ0v) is 12.6. The summed E-state index contributed by atoms with van der Waals surface area (Å²) in [7, 11) is 1.82. The molecule has 0 aliphatic rings. The van der Waals surface area contributed by atoms with E-state index in [-0.39, 0.29) is 0 Å². The highest BCUT2D eigenvalue weighted by molar-refractivity contribution is 5.42. The van der Waals surface area contributed by atoms with E-state index in [1.165, 1.54) is 16.7 Å². The lowest BCUT2D eigenvalue weighted by Gasteiger charge is -2.20. The number of nitrogens with zero attached hydrogens (tertiary/aromatic N) is 1. The van der Waals surface area contributed by atoms with E-state index >= 15 is 0 Å². The average molecular weight is 260 g/mol. The van der Waals surface area contributed by atoms with Gasteiger partial charge in [-0.3, -0.25) is 0 Å². The summed E-state index contributed by atoms with van der Waals surface area (Å²) in [6.07, 6.45) is 1.64. The maximum Gasteiger partial charge on any atom is 0.125 e. The predicted octanol–water partition coefficient (Wildman–Crippen LogP) is 3.27. The van der Waals surface area contributed by atoms with Crippen molar-refractivity contribution in [3.63, 3.8) is 0 Å². The van der Waals surface area contributed by atoms with Gasteiger partial charge in [0.2, 0.25) is 0 Å². The molecule has 0 fully saturated rings. The van der Waals surface area contributed by atoms with E-state index in [4.69, 9.17) is 10.00 Å². The van der Waals surface area contributed by atoms with Crippen LogP contribution < -0.4 is 10.1 Å². The zero-order valence-electron chi connectivity index (χ0n) is 12.6. The largest absolute Gasteiger partial charge is 0.493 e. The number of hydrogen-bond donors (Lipinski definition) is 1. The number of rotatable bonds is 6. The summed E-state index contributed by atoms with van der Waals surface area (Å²) in [6, 6.07) is 6.56. The van der Waals surface area contributed by atoms with E-state index in [0.29, 0.717) is 6.61 Å². The second kappa shape index (κ2) is 6.58. The SMILES string of the molecule is CNC(C)(C#N)CCCOc1c(C)cc(C)cc1C. The van der Waals surface area contributed by atoms with Crippen LogP contribution in [0.1, 0.15) is 36.5 Å². The fraction of sp³-hybridized carbons (Fsp3) is 0.562. The molecule has 0 amide bonds. The van der Waals surface area contributed by atoms with Crippen LogP contribution in [-0.4, -0.2) is 19.2 Å². The van der Waals surface area contributed by atoms with Gasteiger partial charge in [-0.15, -0.1) is 0 Å². The lowest BCUT2D eigenvalue weighted by Crippen LogP contribution is -2.38. The minimum Gasteiger partial charge on any atom is -0.493 e. The van der Waals surface area contributed by atoms with Gasteiger partial charge in [-0.2, -0.15) is 5.26 Å². The molecule has 0 spiro atoms. The molecule has 19 heavy (non-hydrogen) atoms. The topological polar surface area (TPSA) is 45.0 Å². The van der Waals surface area contributed by atoms with Crippen molar-refractivity contribution in [2.45, 2.75) is 46.1 Å². The molecule has 3 heteroatoms. The van der Waals surface area contributed by atoms with Crippen LogP contribution in [0.5, 0.6) is 5.75 Å². The molecule has 0 bridgehead atoms. The lowest BCUT2D eigenvalue weighted by molar-refractivity contribution is 0.285. The summed E-state index contributed by atoms with van der Waals surface area (Å²) in [5, 5.41) is 12.1. The Balaban J connectivity index is 2.53. The molecule has 1 atom stereocenters. The highest BCUT2D eigenvalue weighted by Crippen LogP contribution is 2.25. The number of aryl methyl sites for hydroxylation is 3. The van der Waals surface area contributed by atoms with Crippen molar-refractivity contribution < 1.29 is 4.74 Å². The third kappa shape index (κ3) is 4.25. The summed E-state index contributed by atoms with van der Waals surface area (Å²) in [5.41, 5.74) is 3.15. The van der Waals surface area contributed by atoms with Gasteiger partial charge in [-0.25, -0.2) is 0 Å². The second-order valence-corrected chi connectivity index (χ2v) is 5.37. The van der Waals surface area contributed by atoms with Gasteiger partial charge in [0, 0.05) is 0 Å². The summed E-state index contributed by atoms with van der Waals surface area (Å²) < 4.78 is 5.87. The highest BCUT2D eigenvalue weighted by atomic mass is 16.5. The van der Waals surface area contributed by atoms with E-state index in [1.54, 1.807) is 0 Å². The maximum absolute atomic E-state index is 9.07. The molecule has 0 aliphatic carbocycles. The van der Waals surface area contributed by atoms with E-state index in [1.807, 2.05) is 14.0 Å². The van der Waals surface area contributed by atoms with Gasteiger partial charge < -0.3 is 10.1 Å². The Bertz CT molecular complexity index is 453. The maximum atomic E-state index is 9.07. The first-order valence-electron chi connectivity index (χ1n) is 6.72. The monoisotopic (exact) mass is 260 g/mol. The fourth-order valence-electron chi connectivity index (χ4n) is 2.23. The Morgan fingerprint density at radius 1 is 1.26 bits per heavy atom. The van der Waals surface area contributed by atoms with E-state index < -0.39 is 5.54 Å². The van der Waals surface area contributed by atoms with E-state index in [2.05, 4.69) is 44.3 Å². The first-order chi connectivity index (χ1) is 8.91. The first-order valence-corrected chi connectivity index (χ1v) is 6.72. The molecule has 0 aliphatic heterocycles. The van der Waals surface area contributed by atoms with Crippen molar-refractivity contribution in [1.82, 2.24) is 5.32 Å².